The lowest BCUT2D eigenvalue weighted by atomic mass is 10.2. The van der Waals surface area contributed by atoms with E-state index in [1.165, 1.54) is 5.56 Å². The number of ether oxygens (including phenoxy) is 2. The number of nitrogens with zero attached hydrogens (tertiary/aromatic N) is 1. The van der Waals surface area contributed by atoms with Crippen molar-refractivity contribution in [2.75, 3.05) is 20.3 Å². The summed E-state index contributed by atoms with van der Waals surface area (Å²) in [5, 5.41) is 3.32. The van der Waals surface area contributed by atoms with Gasteiger partial charge in [-0.2, -0.15) is 0 Å². The van der Waals surface area contributed by atoms with Gasteiger partial charge < -0.3 is 14.8 Å². The van der Waals surface area contributed by atoms with E-state index in [-0.39, 0.29) is 0 Å². The first-order valence-electron chi connectivity index (χ1n) is 6.28. The van der Waals surface area contributed by atoms with Gasteiger partial charge in [-0.1, -0.05) is 15.9 Å². The largest absolute Gasteiger partial charge is 0.488 e. The molecule has 0 aliphatic rings. The number of thiazole rings is 1. The van der Waals surface area contributed by atoms with Crippen LogP contribution in [0.2, 0.25) is 0 Å². The zero-order valence-corrected chi connectivity index (χ0v) is 13.7. The van der Waals surface area contributed by atoms with Crippen LogP contribution in [0.4, 0.5) is 0 Å². The molecule has 0 spiro atoms. The van der Waals surface area contributed by atoms with Crippen LogP contribution < -0.4 is 10.1 Å². The van der Waals surface area contributed by atoms with E-state index in [4.69, 9.17) is 9.47 Å². The number of rotatable bonds is 8. The van der Waals surface area contributed by atoms with E-state index in [2.05, 4.69) is 26.2 Å². The first kappa shape index (κ1) is 15.4. The standard InChI is InChI=1S/C14H17BrN2O2S/c1-18-5-4-16-7-11-6-12(2-3-14(11)15)19-9-13-8-17-10-20-13/h2-3,6,8,10,16H,4-5,7,9H2,1H3. The zero-order chi connectivity index (χ0) is 14.2. The van der Waals surface area contributed by atoms with Crippen molar-refractivity contribution in [1.82, 2.24) is 10.3 Å². The highest BCUT2D eigenvalue weighted by molar-refractivity contribution is 9.10. The molecule has 1 aromatic carbocycles. The minimum absolute atomic E-state index is 0.558. The van der Waals surface area contributed by atoms with E-state index < -0.39 is 0 Å². The Labute approximate surface area is 131 Å². The van der Waals surface area contributed by atoms with Crippen LogP contribution in [0.3, 0.4) is 0 Å². The first-order chi connectivity index (χ1) is 9.79. The van der Waals surface area contributed by atoms with E-state index >= 15 is 0 Å². The average molecular weight is 357 g/mol. The van der Waals surface area contributed by atoms with Crippen LogP contribution in [0.25, 0.3) is 0 Å². The maximum absolute atomic E-state index is 5.77. The maximum Gasteiger partial charge on any atom is 0.124 e. The van der Waals surface area contributed by atoms with Crippen molar-refractivity contribution in [3.63, 3.8) is 0 Å². The Balaban J connectivity index is 1.90. The highest BCUT2D eigenvalue weighted by atomic mass is 79.9. The molecule has 0 radical (unpaired) electrons. The van der Waals surface area contributed by atoms with Crippen molar-refractivity contribution in [3.05, 3.63) is 44.8 Å². The Hall–Kier alpha value is -0.950. The lowest BCUT2D eigenvalue weighted by Gasteiger charge is -2.10. The van der Waals surface area contributed by atoms with Gasteiger partial charge in [0.2, 0.25) is 0 Å². The van der Waals surface area contributed by atoms with Crippen LogP contribution in [0.15, 0.2) is 34.4 Å². The van der Waals surface area contributed by atoms with Gasteiger partial charge in [-0.3, -0.25) is 4.98 Å². The number of halogens is 1. The Morgan fingerprint density at radius 3 is 3.05 bits per heavy atom. The summed E-state index contributed by atoms with van der Waals surface area (Å²) >= 11 is 5.15. The highest BCUT2D eigenvalue weighted by Crippen LogP contribution is 2.23. The monoisotopic (exact) mass is 356 g/mol. The highest BCUT2D eigenvalue weighted by Gasteiger charge is 2.03. The Bertz CT molecular complexity index is 520. The smallest absolute Gasteiger partial charge is 0.124 e. The minimum atomic E-state index is 0.558. The fourth-order valence-corrected chi connectivity index (χ4v) is 2.53. The van der Waals surface area contributed by atoms with Gasteiger partial charge in [-0.25, -0.2) is 0 Å². The molecule has 0 fully saturated rings. The van der Waals surface area contributed by atoms with E-state index in [0.717, 1.165) is 28.2 Å². The molecule has 1 N–H and O–H groups in total. The molecule has 0 saturated heterocycles. The van der Waals surface area contributed by atoms with Gasteiger partial charge >= 0.3 is 0 Å². The molecule has 0 aliphatic carbocycles. The van der Waals surface area contributed by atoms with Crippen LogP contribution in [0.1, 0.15) is 10.4 Å². The zero-order valence-electron chi connectivity index (χ0n) is 11.3. The van der Waals surface area contributed by atoms with E-state index in [0.29, 0.717) is 13.2 Å². The summed E-state index contributed by atoms with van der Waals surface area (Å²) in [6.45, 7) is 2.87. The predicted molar refractivity (Wildman–Crippen MR) is 84.2 cm³/mol. The normalized spacial score (nSPS) is 10.7. The Morgan fingerprint density at radius 1 is 1.40 bits per heavy atom. The molecule has 0 bridgehead atoms. The second-order valence-electron chi connectivity index (χ2n) is 4.18. The Kier molecular flexibility index (Phi) is 6.46. The van der Waals surface area contributed by atoms with Gasteiger partial charge in [0.05, 0.1) is 17.0 Å². The number of methoxy groups -OCH3 is 1. The summed E-state index contributed by atoms with van der Waals surface area (Å²) < 4.78 is 11.9. The van der Waals surface area contributed by atoms with Crippen molar-refractivity contribution in [2.24, 2.45) is 0 Å². The SMILES string of the molecule is COCCNCc1cc(OCc2cncs2)ccc1Br. The fraction of sp³-hybridized carbons (Fsp3) is 0.357. The molecular weight excluding hydrogens is 340 g/mol. The van der Waals surface area contributed by atoms with Gasteiger partial charge in [-0.05, 0) is 23.8 Å². The third-order valence-corrected chi connectivity index (χ3v) is 4.21. The molecular formula is C14H17BrN2O2S. The van der Waals surface area contributed by atoms with Crippen LogP contribution >= 0.6 is 27.3 Å². The number of benzene rings is 1. The number of hydrogen-bond donors (Lipinski definition) is 1. The van der Waals surface area contributed by atoms with E-state index in [1.54, 1.807) is 18.4 Å². The summed E-state index contributed by atoms with van der Waals surface area (Å²) in [4.78, 5) is 5.15. The van der Waals surface area contributed by atoms with Gasteiger partial charge in [0, 0.05) is 30.9 Å². The lowest BCUT2D eigenvalue weighted by molar-refractivity contribution is 0.199. The fourth-order valence-electron chi connectivity index (χ4n) is 1.64. The van der Waals surface area contributed by atoms with Crippen LogP contribution in [-0.4, -0.2) is 25.2 Å². The van der Waals surface area contributed by atoms with Gasteiger partial charge in [0.25, 0.3) is 0 Å². The Morgan fingerprint density at radius 2 is 2.30 bits per heavy atom. The van der Waals surface area contributed by atoms with E-state index in [1.807, 2.05) is 29.9 Å². The van der Waals surface area contributed by atoms with Crippen LogP contribution in [0.5, 0.6) is 5.75 Å². The van der Waals surface area contributed by atoms with Crippen molar-refractivity contribution in [1.29, 1.82) is 0 Å². The quantitative estimate of drug-likeness (QED) is 0.737. The van der Waals surface area contributed by atoms with Gasteiger partial charge in [0.1, 0.15) is 12.4 Å². The molecule has 0 saturated carbocycles. The molecule has 1 heterocycles. The second kappa shape index (κ2) is 8.36. The summed E-state index contributed by atoms with van der Waals surface area (Å²) in [6.07, 6.45) is 1.83. The number of hydrogen-bond acceptors (Lipinski definition) is 5. The summed E-state index contributed by atoms with van der Waals surface area (Å²) in [5.41, 5.74) is 2.98. The average Bonchev–Trinajstić information content (AvgIpc) is 2.97. The first-order valence-corrected chi connectivity index (χ1v) is 7.95. The molecule has 0 aliphatic heterocycles. The van der Waals surface area contributed by atoms with E-state index in [9.17, 15) is 0 Å². The van der Waals surface area contributed by atoms with Gasteiger partial charge in [-0.15, -0.1) is 11.3 Å². The summed E-state index contributed by atoms with van der Waals surface area (Å²) in [5.74, 6) is 0.866. The second-order valence-corrected chi connectivity index (χ2v) is 6.00. The third-order valence-electron chi connectivity index (χ3n) is 2.68. The molecule has 2 rings (SSSR count). The summed E-state index contributed by atoms with van der Waals surface area (Å²) in [7, 11) is 1.70. The maximum atomic E-state index is 5.77. The molecule has 6 heteroatoms. The molecule has 0 unspecified atom stereocenters. The topological polar surface area (TPSA) is 43.4 Å². The molecule has 108 valence electrons. The predicted octanol–water partition coefficient (Wildman–Crippen LogP) is 3.22. The van der Waals surface area contributed by atoms with Crippen molar-refractivity contribution < 1.29 is 9.47 Å². The third kappa shape index (κ3) is 4.86. The molecule has 0 atom stereocenters. The lowest BCUT2D eigenvalue weighted by Crippen LogP contribution is -2.18. The summed E-state index contributed by atoms with van der Waals surface area (Å²) in [6, 6.07) is 6.02. The molecule has 1 aromatic heterocycles. The number of nitrogens with one attached hydrogen (secondary N) is 1. The van der Waals surface area contributed by atoms with Crippen molar-refractivity contribution in [3.8, 4) is 5.75 Å². The molecule has 2 aromatic rings. The van der Waals surface area contributed by atoms with Crippen LogP contribution in [0, 0.1) is 0 Å². The molecule has 20 heavy (non-hydrogen) atoms. The van der Waals surface area contributed by atoms with Crippen LogP contribution in [-0.2, 0) is 17.9 Å². The van der Waals surface area contributed by atoms with Gasteiger partial charge in [0.15, 0.2) is 0 Å². The molecule has 0 amide bonds. The number of aromatic nitrogens is 1. The molecule has 4 nitrogen and oxygen atoms in total. The van der Waals surface area contributed by atoms with Crippen molar-refractivity contribution >= 4 is 27.3 Å². The van der Waals surface area contributed by atoms with Crippen molar-refractivity contribution in [2.45, 2.75) is 13.2 Å². The minimum Gasteiger partial charge on any atom is -0.488 e.